The second kappa shape index (κ2) is 5.15. The van der Waals surface area contributed by atoms with Gasteiger partial charge in [0.05, 0.1) is 0 Å². The lowest BCUT2D eigenvalue weighted by molar-refractivity contribution is -0.130. The first-order valence-electron chi connectivity index (χ1n) is 4.82. The van der Waals surface area contributed by atoms with Crippen LogP contribution in [0.1, 0.15) is 0 Å². The molecule has 0 aromatic heterocycles. The Morgan fingerprint density at radius 3 is 2.76 bits per heavy atom. The summed E-state index contributed by atoms with van der Waals surface area (Å²) in [6, 6.07) is 7.15. The number of carbonyl (C=O) groups excluding carboxylic acids is 1. The predicted octanol–water partition coefficient (Wildman–Crippen LogP) is 0.279. The van der Waals surface area contributed by atoms with Crippen molar-refractivity contribution < 1.29 is 14.3 Å². The quantitative estimate of drug-likeness (QED) is 0.434. The molecule has 1 aromatic rings. The van der Waals surface area contributed by atoms with E-state index in [1.165, 1.54) is 0 Å². The number of nitrogens with one attached hydrogen (secondary N) is 2. The van der Waals surface area contributed by atoms with Crippen LogP contribution in [0.4, 0.5) is 0 Å². The largest absolute Gasteiger partial charge is 0.485 e. The van der Waals surface area contributed by atoms with Gasteiger partial charge in [0.15, 0.2) is 11.5 Å². The van der Waals surface area contributed by atoms with Crippen molar-refractivity contribution in [3.05, 3.63) is 24.3 Å². The molecule has 17 heavy (non-hydrogen) atoms. The van der Waals surface area contributed by atoms with Gasteiger partial charge in [0.2, 0.25) is 6.10 Å². The Hall–Kier alpha value is -1.60. The van der Waals surface area contributed by atoms with E-state index < -0.39 is 6.10 Å². The molecule has 2 rings (SSSR count). The highest BCUT2D eigenvalue weighted by atomic mass is 32.1. The molecule has 0 bridgehead atoms. The molecule has 1 atom stereocenters. The molecule has 90 valence electrons. The van der Waals surface area contributed by atoms with Gasteiger partial charge in [-0.1, -0.05) is 12.1 Å². The van der Waals surface area contributed by atoms with Crippen LogP contribution >= 0.6 is 12.2 Å². The second-order valence-corrected chi connectivity index (χ2v) is 4.34. The lowest BCUT2D eigenvalue weighted by Gasteiger charge is -2.26. The van der Waals surface area contributed by atoms with E-state index in [0.29, 0.717) is 11.5 Å². The van der Waals surface area contributed by atoms with Crippen molar-refractivity contribution in [2.75, 3.05) is 6.61 Å². The molecule has 2 N–H and O–H groups in total. The average Bonchev–Trinajstić information content (AvgIpc) is 2.35. The molecule has 1 unspecified atom stereocenters. The third kappa shape index (κ3) is 2.95. The fourth-order valence-corrected chi connectivity index (χ4v) is 1.44. The van der Waals surface area contributed by atoms with Gasteiger partial charge in [-0.3, -0.25) is 10.2 Å². The van der Waals surface area contributed by atoms with Crippen molar-refractivity contribution >= 4 is 35.1 Å². The lowest BCUT2D eigenvalue weighted by Crippen LogP contribution is -2.50. The first-order valence-corrected chi connectivity index (χ1v) is 5.64. The SMILES string of the molecule is O=C(NNC(=S)[S-])C1COc2ccccc2O1. The summed E-state index contributed by atoms with van der Waals surface area (Å²) >= 11 is 9.19. The summed E-state index contributed by atoms with van der Waals surface area (Å²) in [6.45, 7) is 0.148. The number of amides is 1. The van der Waals surface area contributed by atoms with Gasteiger partial charge in [0.25, 0.3) is 5.91 Å². The minimum atomic E-state index is -0.721. The second-order valence-electron chi connectivity index (χ2n) is 3.27. The third-order valence-electron chi connectivity index (χ3n) is 2.09. The van der Waals surface area contributed by atoms with E-state index in [-0.39, 0.29) is 16.8 Å². The number of hydrazine groups is 1. The number of carbonyl (C=O) groups is 1. The van der Waals surface area contributed by atoms with Crippen LogP contribution < -0.4 is 20.3 Å². The highest BCUT2D eigenvalue weighted by Crippen LogP contribution is 2.30. The highest BCUT2D eigenvalue weighted by molar-refractivity contribution is 8.00. The van der Waals surface area contributed by atoms with Gasteiger partial charge in [-0.15, -0.1) is 0 Å². The van der Waals surface area contributed by atoms with E-state index in [2.05, 4.69) is 35.7 Å². The molecule has 0 saturated carbocycles. The summed E-state index contributed by atoms with van der Waals surface area (Å²) in [5.41, 5.74) is 4.72. The van der Waals surface area contributed by atoms with Crippen molar-refractivity contribution in [2.24, 2.45) is 0 Å². The van der Waals surface area contributed by atoms with E-state index in [1.807, 2.05) is 6.07 Å². The van der Waals surface area contributed by atoms with Crippen molar-refractivity contribution in [2.45, 2.75) is 6.10 Å². The van der Waals surface area contributed by atoms with Gasteiger partial charge in [0.1, 0.15) is 6.61 Å². The van der Waals surface area contributed by atoms with E-state index in [4.69, 9.17) is 9.47 Å². The number of para-hydroxylation sites is 2. The van der Waals surface area contributed by atoms with Crippen LogP contribution in [0, 0.1) is 0 Å². The van der Waals surface area contributed by atoms with Crippen molar-refractivity contribution in [3.8, 4) is 11.5 Å². The Morgan fingerprint density at radius 2 is 2.06 bits per heavy atom. The van der Waals surface area contributed by atoms with Gasteiger partial charge in [-0.2, -0.15) is 0 Å². The van der Waals surface area contributed by atoms with Gasteiger partial charge in [-0.05, 0) is 16.5 Å². The maximum absolute atomic E-state index is 11.6. The number of fused-ring (bicyclic) bond motifs is 1. The Bertz CT molecular complexity index is 453. The molecule has 0 aliphatic carbocycles. The summed E-state index contributed by atoms with van der Waals surface area (Å²) in [6.07, 6.45) is -0.721. The molecule has 0 fully saturated rings. The Kier molecular flexibility index (Phi) is 3.60. The maximum Gasteiger partial charge on any atom is 0.282 e. The van der Waals surface area contributed by atoms with Crippen LogP contribution in [0.15, 0.2) is 24.3 Å². The lowest BCUT2D eigenvalue weighted by atomic mass is 10.2. The van der Waals surface area contributed by atoms with Crippen LogP contribution in [-0.2, 0) is 17.4 Å². The molecular formula is C10H9N2O3S2-. The number of benzene rings is 1. The predicted molar refractivity (Wildman–Crippen MR) is 67.6 cm³/mol. The number of hydrogen-bond donors (Lipinski definition) is 2. The third-order valence-corrected chi connectivity index (χ3v) is 2.29. The van der Waals surface area contributed by atoms with E-state index >= 15 is 0 Å². The average molecular weight is 269 g/mol. The van der Waals surface area contributed by atoms with Crippen molar-refractivity contribution in [3.63, 3.8) is 0 Å². The first-order chi connectivity index (χ1) is 8.16. The van der Waals surface area contributed by atoms with Crippen LogP contribution in [0.25, 0.3) is 0 Å². The normalized spacial score (nSPS) is 17.1. The summed E-state index contributed by atoms with van der Waals surface area (Å²) in [5.74, 6) is 0.787. The molecule has 0 radical (unpaired) electrons. The zero-order valence-corrected chi connectivity index (χ0v) is 10.3. The topological polar surface area (TPSA) is 59.6 Å². The van der Waals surface area contributed by atoms with E-state index in [0.717, 1.165) is 0 Å². The molecule has 1 amide bonds. The van der Waals surface area contributed by atoms with Crippen molar-refractivity contribution in [1.29, 1.82) is 0 Å². The van der Waals surface area contributed by atoms with Gasteiger partial charge in [-0.25, -0.2) is 0 Å². The molecule has 5 nitrogen and oxygen atoms in total. The number of hydrogen-bond acceptors (Lipinski definition) is 5. The van der Waals surface area contributed by atoms with Crippen LogP contribution in [0.2, 0.25) is 0 Å². The first kappa shape index (κ1) is 11.9. The fourth-order valence-electron chi connectivity index (χ4n) is 1.34. The summed E-state index contributed by atoms with van der Waals surface area (Å²) in [7, 11) is 0. The molecular weight excluding hydrogens is 260 g/mol. The zero-order valence-electron chi connectivity index (χ0n) is 8.64. The molecule has 0 spiro atoms. The number of ether oxygens (including phenoxy) is 2. The Morgan fingerprint density at radius 1 is 1.35 bits per heavy atom. The Balaban J connectivity index is 1.97. The van der Waals surface area contributed by atoms with Crippen LogP contribution in [0.5, 0.6) is 11.5 Å². The molecule has 1 heterocycles. The summed E-state index contributed by atoms with van der Waals surface area (Å²) in [5, 5.41) is 0. The van der Waals surface area contributed by atoms with Gasteiger partial charge in [0, 0.05) is 0 Å². The van der Waals surface area contributed by atoms with Gasteiger partial charge >= 0.3 is 0 Å². The highest BCUT2D eigenvalue weighted by Gasteiger charge is 2.26. The smallest absolute Gasteiger partial charge is 0.282 e. The number of thiocarbonyl (C=S) groups is 1. The fraction of sp³-hybridized carbons (Fsp3) is 0.200. The summed E-state index contributed by atoms with van der Waals surface area (Å²) < 4.78 is 10.9. The van der Waals surface area contributed by atoms with Crippen LogP contribution in [-0.4, -0.2) is 22.9 Å². The number of rotatable bonds is 1. The van der Waals surface area contributed by atoms with E-state index in [9.17, 15) is 4.79 Å². The summed E-state index contributed by atoms with van der Waals surface area (Å²) in [4.78, 5) is 11.6. The maximum atomic E-state index is 11.6. The molecule has 1 aromatic carbocycles. The Labute approximate surface area is 109 Å². The molecule has 7 heteroatoms. The zero-order chi connectivity index (χ0) is 12.3. The van der Waals surface area contributed by atoms with Gasteiger partial charge < -0.3 is 39.7 Å². The minimum absolute atomic E-state index is 0.0653. The minimum Gasteiger partial charge on any atom is -0.485 e. The molecule has 1 aliphatic rings. The monoisotopic (exact) mass is 269 g/mol. The standard InChI is InChI=1S/C10H10N2O3S2/c13-9(11-12-10(16)17)8-5-14-6-3-1-2-4-7(6)15-8/h1-4,8H,5H2,(H,11,13)(H2,12,16,17)/p-1. The van der Waals surface area contributed by atoms with E-state index in [1.54, 1.807) is 18.2 Å². The van der Waals surface area contributed by atoms with Crippen LogP contribution in [0.3, 0.4) is 0 Å². The molecule has 1 aliphatic heterocycles. The van der Waals surface area contributed by atoms with Crippen molar-refractivity contribution in [1.82, 2.24) is 10.9 Å². The molecule has 0 saturated heterocycles.